The van der Waals surface area contributed by atoms with Crippen molar-refractivity contribution in [1.29, 1.82) is 0 Å². The highest BCUT2D eigenvalue weighted by Crippen LogP contribution is 2.31. The van der Waals surface area contributed by atoms with E-state index in [0.29, 0.717) is 24.3 Å². The van der Waals surface area contributed by atoms with Crippen LogP contribution in [0, 0.1) is 5.92 Å². The minimum absolute atomic E-state index is 0.216. The minimum Gasteiger partial charge on any atom is -0.504 e. The van der Waals surface area contributed by atoms with Gasteiger partial charge < -0.3 is 15.6 Å². The molecular weight excluding hydrogens is 226 g/mol. The number of benzene rings is 1. The molecule has 1 fully saturated rings. The molecule has 1 saturated carbocycles. The molecule has 2 atom stereocenters. The number of aromatic hydroxyl groups is 1. The fourth-order valence-corrected chi connectivity index (χ4v) is 2.75. The largest absolute Gasteiger partial charge is 0.504 e. The Morgan fingerprint density at radius 1 is 1.33 bits per heavy atom. The second-order valence-electron chi connectivity index (χ2n) is 5.15. The van der Waals surface area contributed by atoms with E-state index in [-0.39, 0.29) is 5.75 Å². The molecule has 3 N–H and O–H groups in total. The van der Waals surface area contributed by atoms with E-state index in [4.69, 9.17) is 10.5 Å². The van der Waals surface area contributed by atoms with Crippen LogP contribution in [0.2, 0.25) is 0 Å². The summed E-state index contributed by atoms with van der Waals surface area (Å²) < 4.78 is 5.41. The molecule has 1 aliphatic carbocycles. The van der Waals surface area contributed by atoms with Crippen LogP contribution in [-0.2, 0) is 6.42 Å². The van der Waals surface area contributed by atoms with Gasteiger partial charge in [-0.25, -0.2) is 0 Å². The van der Waals surface area contributed by atoms with Crippen molar-refractivity contribution in [2.24, 2.45) is 11.7 Å². The maximum absolute atomic E-state index is 9.67. The van der Waals surface area contributed by atoms with E-state index in [9.17, 15) is 5.11 Å². The van der Waals surface area contributed by atoms with E-state index >= 15 is 0 Å². The summed E-state index contributed by atoms with van der Waals surface area (Å²) in [7, 11) is 0. The van der Waals surface area contributed by atoms with E-state index in [2.05, 4.69) is 0 Å². The predicted octanol–water partition coefficient (Wildman–Crippen LogP) is 2.85. The monoisotopic (exact) mass is 249 g/mol. The zero-order chi connectivity index (χ0) is 13.0. The molecule has 2 unspecified atom stereocenters. The van der Waals surface area contributed by atoms with Gasteiger partial charge in [-0.15, -0.1) is 0 Å². The quantitative estimate of drug-likeness (QED) is 0.862. The van der Waals surface area contributed by atoms with Crippen molar-refractivity contribution in [3.63, 3.8) is 0 Å². The first-order valence-electron chi connectivity index (χ1n) is 6.91. The van der Waals surface area contributed by atoms with Gasteiger partial charge in [0.05, 0.1) is 6.61 Å². The fourth-order valence-electron chi connectivity index (χ4n) is 2.75. The topological polar surface area (TPSA) is 55.5 Å². The van der Waals surface area contributed by atoms with Crippen molar-refractivity contribution in [2.75, 3.05) is 6.61 Å². The Bertz CT molecular complexity index is 392. The summed E-state index contributed by atoms with van der Waals surface area (Å²) in [6.07, 6.45) is 5.89. The van der Waals surface area contributed by atoms with Crippen molar-refractivity contribution in [3.8, 4) is 11.5 Å². The molecule has 0 heterocycles. The highest BCUT2D eigenvalue weighted by molar-refractivity contribution is 5.42. The van der Waals surface area contributed by atoms with Gasteiger partial charge in [-0.2, -0.15) is 0 Å². The minimum atomic E-state index is 0.216. The highest BCUT2D eigenvalue weighted by atomic mass is 16.5. The van der Waals surface area contributed by atoms with Crippen LogP contribution in [0.3, 0.4) is 0 Å². The smallest absolute Gasteiger partial charge is 0.161 e. The van der Waals surface area contributed by atoms with Gasteiger partial charge in [0.15, 0.2) is 11.5 Å². The molecule has 0 amide bonds. The SMILES string of the molecule is CCOc1cc(CC2CCCCC2N)ccc1O. The molecule has 3 nitrogen and oxygen atoms in total. The first kappa shape index (κ1) is 13.2. The van der Waals surface area contributed by atoms with Crippen molar-refractivity contribution < 1.29 is 9.84 Å². The van der Waals surface area contributed by atoms with Gasteiger partial charge in [-0.05, 0) is 49.8 Å². The van der Waals surface area contributed by atoms with Gasteiger partial charge in [0.25, 0.3) is 0 Å². The van der Waals surface area contributed by atoms with Crippen LogP contribution in [0.15, 0.2) is 18.2 Å². The molecule has 0 radical (unpaired) electrons. The van der Waals surface area contributed by atoms with Gasteiger partial charge in [0, 0.05) is 6.04 Å². The second-order valence-corrected chi connectivity index (χ2v) is 5.15. The summed E-state index contributed by atoms with van der Waals surface area (Å²) >= 11 is 0. The van der Waals surface area contributed by atoms with Gasteiger partial charge in [-0.3, -0.25) is 0 Å². The molecule has 100 valence electrons. The summed E-state index contributed by atoms with van der Waals surface area (Å²) in [4.78, 5) is 0. The fraction of sp³-hybridized carbons (Fsp3) is 0.600. The predicted molar refractivity (Wildman–Crippen MR) is 72.9 cm³/mol. The Labute approximate surface area is 109 Å². The highest BCUT2D eigenvalue weighted by Gasteiger charge is 2.22. The van der Waals surface area contributed by atoms with Gasteiger partial charge >= 0.3 is 0 Å². The van der Waals surface area contributed by atoms with Crippen LogP contribution in [0.1, 0.15) is 38.2 Å². The number of nitrogens with two attached hydrogens (primary N) is 1. The standard InChI is InChI=1S/C15H23NO2/c1-2-18-15-10-11(7-8-14(15)17)9-12-5-3-4-6-13(12)16/h7-8,10,12-13,17H,2-6,9,16H2,1H3. The average molecular weight is 249 g/mol. The summed E-state index contributed by atoms with van der Waals surface area (Å²) in [6.45, 7) is 2.49. The summed E-state index contributed by atoms with van der Waals surface area (Å²) in [6, 6.07) is 5.96. The van der Waals surface area contributed by atoms with Gasteiger partial charge in [-0.1, -0.05) is 18.9 Å². The molecule has 0 spiro atoms. The third-order valence-electron chi connectivity index (χ3n) is 3.79. The molecule has 18 heavy (non-hydrogen) atoms. The molecule has 1 aromatic rings. The maximum Gasteiger partial charge on any atom is 0.161 e. The van der Waals surface area contributed by atoms with Crippen LogP contribution in [-0.4, -0.2) is 17.8 Å². The van der Waals surface area contributed by atoms with Crippen molar-refractivity contribution >= 4 is 0 Å². The number of phenolic OH excluding ortho intramolecular Hbond substituents is 1. The first-order chi connectivity index (χ1) is 8.70. The molecule has 2 rings (SSSR count). The molecule has 0 aromatic heterocycles. The van der Waals surface area contributed by atoms with Crippen LogP contribution in [0.5, 0.6) is 11.5 Å². The maximum atomic E-state index is 9.67. The molecule has 0 saturated heterocycles. The Morgan fingerprint density at radius 2 is 2.11 bits per heavy atom. The van der Waals surface area contributed by atoms with E-state index in [1.807, 2.05) is 19.1 Å². The zero-order valence-corrected chi connectivity index (χ0v) is 11.1. The molecule has 3 heteroatoms. The number of phenols is 1. The van der Waals surface area contributed by atoms with Crippen molar-refractivity contribution in [1.82, 2.24) is 0 Å². The summed E-state index contributed by atoms with van der Waals surface area (Å²) in [5.41, 5.74) is 7.38. The molecule has 0 aliphatic heterocycles. The molecule has 1 aliphatic rings. The van der Waals surface area contributed by atoms with Crippen LogP contribution in [0.25, 0.3) is 0 Å². The average Bonchev–Trinajstić information content (AvgIpc) is 2.36. The van der Waals surface area contributed by atoms with Crippen LogP contribution < -0.4 is 10.5 Å². The summed E-state index contributed by atoms with van der Waals surface area (Å²) in [5.74, 6) is 1.37. The number of hydrogen-bond donors (Lipinski definition) is 2. The van der Waals surface area contributed by atoms with Crippen molar-refractivity contribution in [3.05, 3.63) is 23.8 Å². The number of hydrogen-bond acceptors (Lipinski definition) is 3. The van der Waals surface area contributed by atoms with E-state index < -0.39 is 0 Å². The lowest BCUT2D eigenvalue weighted by atomic mass is 9.81. The molecule has 0 bridgehead atoms. The van der Waals surface area contributed by atoms with Crippen LogP contribution in [0.4, 0.5) is 0 Å². The van der Waals surface area contributed by atoms with Gasteiger partial charge in [0.2, 0.25) is 0 Å². The van der Waals surface area contributed by atoms with E-state index in [1.165, 1.54) is 24.8 Å². The lowest BCUT2D eigenvalue weighted by molar-refractivity contribution is 0.303. The number of ether oxygens (including phenoxy) is 1. The van der Waals surface area contributed by atoms with E-state index in [1.54, 1.807) is 6.07 Å². The Balaban J connectivity index is 2.06. The third-order valence-corrected chi connectivity index (χ3v) is 3.79. The second kappa shape index (κ2) is 6.10. The van der Waals surface area contributed by atoms with Crippen molar-refractivity contribution in [2.45, 2.75) is 45.1 Å². The Kier molecular flexibility index (Phi) is 4.48. The number of rotatable bonds is 4. The Morgan fingerprint density at radius 3 is 2.83 bits per heavy atom. The lowest BCUT2D eigenvalue weighted by Crippen LogP contribution is -2.34. The lowest BCUT2D eigenvalue weighted by Gasteiger charge is -2.28. The molecule has 1 aromatic carbocycles. The zero-order valence-electron chi connectivity index (χ0n) is 11.1. The van der Waals surface area contributed by atoms with E-state index in [0.717, 1.165) is 12.8 Å². The Hall–Kier alpha value is -1.22. The third kappa shape index (κ3) is 3.16. The normalized spacial score (nSPS) is 23.9. The summed E-state index contributed by atoms with van der Waals surface area (Å²) in [5, 5.41) is 9.67. The first-order valence-corrected chi connectivity index (χ1v) is 6.91. The molecular formula is C15H23NO2. The van der Waals surface area contributed by atoms with Gasteiger partial charge in [0.1, 0.15) is 0 Å². The van der Waals surface area contributed by atoms with Crippen LogP contribution >= 0.6 is 0 Å².